The van der Waals surface area contributed by atoms with Crippen LogP contribution in [-0.4, -0.2) is 33.9 Å². The molecule has 2 aromatic carbocycles. The van der Waals surface area contributed by atoms with E-state index in [-0.39, 0.29) is 28.5 Å². The van der Waals surface area contributed by atoms with Crippen LogP contribution in [0.2, 0.25) is 5.02 Å². The molecule has 0 saturated carbocycles. The number of anilines is 3. The fourth-order valence-corrected chi connectivity index (χ4v) is 2.66. The van der Waals surface area contributed by atoms with Crippen LogP contribution >= 0.6 is 11.6 Å². The molecule has 3 N–H and O–H groups in total. The molecular formula is C19H15ClN6O5. The summed E-state index contributed by atoms with van der Waals surface area (Å²) in [5.74, 6) is -1.65. The Morgan fingerprint density at radius 3 is 2.42 bits per heavy atom. The van der Waals surface area contributed by atoms with Crippen molar-refractivity contribution < 1.29 is 19.2 Å². The quantitative estimate of drug-likeness (QED) is 0.284. The van der Waals surface area contributed by atoms with Crippen LogP contribution in [0.3, 0.4) is 0 Å². The van der Waals surface area contributed by atoms with E-state index in [2.05, 4.69) is 26.1 Å². The molecule has 0 bridgehead atoms. The van der Waals surface area contributed by atoms with Gasteiger partial charge in [-0.15, -0.1) is 0 Å². The van der Waals surface area contributed by atoms with E-state index in [1.807, 2.05) is 0 Å². The number of amides is 1. The number of benzene rings is 2. The zero-order valence-corrected chi connectivity index (χ0v) is 16.7. The molecule has 0 saturated heterocycles. The fourth-order valence-electron chi connectivity index (χ4n) is 2.53. The maximum atomic E-state index is 12.2. The number of halogens is 1. The van der Waals surface area contributed by atoms with E-state index in [1.54, 1.807) is 12.1 Å². The van der Waals surface area contributed by atoms with Gasteiger partial charge in [0.15, 0.2) is 0 Å². The number of methoxy groups -OCH3 is 1. The smallest absolute Gasteiger partial charge is 0.355 e. The lowest BCUT2D eigenvalue weighted by Crippen LogP contribution is -2.30. The predicted molar refractivity (Wildman–Crippen MR) is 112 cm³/mol. The van der Waals surface area contributed by atoms with Crippen LogP contribution in [0.15, 0.2) is 54.9 Å². The molecule has 1 amide bonds. The minimum Gasteiger partial charge on any atom is -0.465 e. The maximum Gasteiger partial charge on any atom is 0.355 e. The van der Waals surface area contributed by atoms with Crippen molar-refractivity contribution in [3.05, 3.63) is 81.1 Å². The number of aromatic nitrogens is 2. The van der Waals surface area contributed by atoms with Gasteiger partial charge >= 0.3 is 11.7 Å². The molecule has 11 nitrogen and oxygen atoms in total. The largest absolute Gasteiger partial charge is 0.465 e. The topological polar surface area (TPSA) is 148 Å². The Kier molecular flexibility index (Phi) is 6.58. The average Bonchev–Trinajstić information content (AvgIpc) is 2.77. The van der Waals surface area contributed by atoms with Crippen molar-refractivity contribution in [2.24, 2.45) is 0 Å². The lowest BCUT2D eigenvalue weighted by molar-refractivity contribution is -0.383. The summed E-state index contributed by atoms with van der Waals surface area (Å²) in [6, 6.07) is 12.3. The van der Waals surface area contributed by atoms with Crippen molar-refractivity contribution in [2.45, 2.75) is 0 Å². The Balaban J connectivity index is 1.87. The Hall–Kier alpha value is -4.25. The van der Waals surface area contributed by atoms with Gasteiger partial charge in [0, 0.05) is 10.6 Å². The standard InChI is InChI=1S/C19H15ClN6O5/c1-31-19(28)13-4-2-3-5-14(13)23-16-15(26(29)30)17(22-10-21-16)24-25-18(27)11-6-8-12(20)9-7-11/h2-10H,1H3,(H,25,27)(H2,21,22,23,24). The molecule has 3 aromatic rings. The number of esters is 1. The van der Waals surface area contributed by atoms with Crippen LogP contribution in [0, 0.1) is 10.1 Å². The van der Waals surface area contributed by atoms with Gasteiger partial charge in [0.05, 0.1) is 23.3 Å². The number of nitro groups is 1. The van der Waals surface area contributed by atoms with Gasteiger partial charge in [-0.25, -0.2) is 14.8 Å². The maximum absolute atomic E-state index is 12.2. The summed E-state index contributed by atoms with van der Waals surface area (Å²) in [5, 5.41) is 14.9. The van der Waals surface area contributed by atoms with E-state index in [1.165, 1.54) is 43.5 Å². The molecule has 0 spiro atoms. The predicted octanol–water partition coefficient (Wildman–Crippen LogP) is 3.33. The number of nitrogens with zero attached hydrogens (tertiary/aromatic N) is 3. The van der Waals surface area contributed by atoms with Crippen LogP contribution < -0.4 is 16.2 Å². The molecular weight excluding hydrogens is 428 g/mol. The van der Waals surface area contributed by atoms with Crippen LogP contribution in [0.5, 0.6) is 0 Å². The summed E-state index contributed by atoms with van der Waals surface area (Å²) in [4.78, 5) is 42.9. The first kappa shape index (κ1) is 21.5. The van der Waals surface area contributed by atoms with E-state index in [4.69, 9.17) is 16.3 Å². The summed E-state index contributed by atoms with van der Waals surface area (Å²) in [5.41, 5.74) is 4.89. The van der Waals surface area contributed by atoms with E-state index < -0.39 is 22.5 Å². The number of rotatable bonds is 7. The van der Waals surface area contributed by atoms with E-state index in [9.17, 15) is 19.7 Å². The highest BCUT2D eigenvalue weighted by atomic mass is 35.5. The van der Waals surface area contributed by atoms with Crippen molar-refractivity contribution in [3.63, 3.8) is 0 Å². The van der Waals surface area contributed by atoms with Crippen LogP contribution in [-0.2, 0) is 4.74 Å². The summed E-state index contributed by atoms with van der Waals surface area (Å²) < 4.78 is 4.72. The monoisotopic (exact) mass is 442 g/mol. The molecule has 0 radical (unpaired) electrons. The Morgan fingerprint density at radius 1 is 1.06 bits per heavy atom. The number of para-hydroxylation sites is 1. The molecule has 0 aliphatic heterocycles. The molecule has 12 heteroatoms. The average molecular weight is 443 g/mol. The third-order valence-corrected chi connectivity index (χ3v) is 4.24. The van der Waals surface area contributed by atoms with Gasteiger partial charge < -0.3 is 10.1 Å². The van der Waals surface area contributed by atoms with Crippen LogP contribution in [0.25, 0.3) is 0 Å². The van der Waals surface area contributed by atoms with Gasteiger partial charge in [-0.2, -0.15) is 0 Å². The number of ether oxygens (including phenoxy) is 1. The van der Waals surface area contributed by atoms with Crippen molar-refractivity contribution >= 4 is 46.5 Å². The third kappa shape index (κ3) is 5.03. The van der Waals surface area contributed by atoms with Crippen LogP contribution in [0.1, 0.15) is 20.7 Å². The van der Waals surface area contributed by atoms with Gasteiger partial charge in [-0.1, -0.05) is 23.7 Å². The van der Waals surface area contributed by atoms with E-state index in [0.717, 1.165) is 6.33 Å². The van der Waals surface area contributed by atoms with Gasteiger partial charge in [-0.3, -0.25) is 25.8 Å². The zero-order valence-electron chi connectivity index (χ0n) is 16.0. The fraction of sp³-hybridized carbons (Fsp3) is 0.0526. The lowest BCUT2D eigenvalue weighted by atomic mass is 10.2. The number of hydrogen-bond donors (Lipinski definition) is 3. The second-order valence-electron chi connectivity index (χ2n) is 5.92. The Bertz CT molecular complexity index is 1140. The second-order valence-corrected chi connectivity index (χ2v) is 6.36. The number of carbonyl (C=O) groups is 2. The first-order chi connectivity index (χ1) is 14.9. The highest BCUT2D eigenvalue weighted by Crippen LogP contribution is 2.31. The molecule has 0 aliphatic carbocycles. The van der Waals surface area contributed by atoms with E-state index in [0.29, 0.717) is 5.02 Å². The number of nitrogens with one attached hydrogen (secondary N) is 3. The summed E-state index contributed by atoms with van der Waals surface area (Å²) in [6.07, 6.45) is 1.06. The van der Waals surface area contributed by atoms with Crippen molar-refractivity contribution in [1.82, 2.24) is 15.4 Å². The molecule has 158 valence electrons. The number of hydrogen-bond acceptors (Lipinski definition) is 9. The van der Waals surface area contributed by atoms with Gasteiger partial charge in [0.1, 0.15) is 6.33 Å². The molecule has 1 heterocycles. The molecule has 3 rings (SSSR count). The normalized spacial score (nSPS) is 10.1. The SMILES string of the molecule is COC(=O)c1ccccc1Nc1ncnc(NNC(=O)c2ccc(Cl)cc2)c1[N+](=O)[O-]. The first-order valence-electron chi connectivity index (χ1n) is 8.66. The second kappa shape index (κ2) is 9.50. The third-order valence-electron chi connectivity index (χ3n) is 3.99. The highest BCUT2D eigenvalue weighted by molar-refractivity contribution is 6.30. The lowest BCUT2D eigenvalue weighted by Gasteiger charge is -2.12. The van der Waals surface area contributed by atoms with Crippen LogP contribution in [0.4, 0.5) is 23.0 Å². The molecule has 0 unspecified atom stereocenters. The first-order valence-corrected chi connectivity index (χ1v) is 9.04. The Labute approximate surface area is 180 Å². The molecule has 0 atom stereocenters. The number of hydrazine groups is 1. The van der Waals surface area contributed by atoms with Crippen molar-refractivity contribution in [3.8, 4) is 0 Å². The molecule has 0 fully saturated rings. The molecule has 31 heavy (non-hydrogen) atoms. The minimum absolute atomic E-state index is 0.156. The summed E-state index contributed by atoms with van der Waals surface area (Å²) in [7, 11) is 1.22. The molecule has 1 aromatic heterocycles. The highest BCUT2D eigenvalue weighted by Gasteiger charge is 2.25. The van der Waals surface area contributed by atoms with E-state index >= 15 is 0 Å². The zero-order chi connectivity index (χ0) is 22.4. The van der Waals surface area contributed by atoms with Crippen molar-refractivity contribution in [2.75, 3.05) is 17.9 Å². The van der Waals surface area contributed by atoms with Gasteiger partial charge in [0.25, 0.3) is 5.91 Å². The minimum atomic E-state index is -0.722. The Morgan fingerprint density at radius 2 is 1.74 bits per heavy atom. The summed E-state index contributed by atoms with van der Waals surface area (Å²) in [6.45, 7) is 0. The summed E-state index contributed by atoms with van der Waals surface area (Å²) >= 11 is 5.79. The molecule has 0 aliphatic rings. The van der Waals surface area contributed by atoms with Crippen molar-refractivity contribution in [1.29, 1.82) is 0 Å². The van der Waals surface area contributed by atoms with Gasteiger partial charge in [0.2, 0.25) is 11.6 Å². The van der Waals surface area contributed by atoms with Gasteiger partial charge in [-0.05, 0) is 36.4 Å². The number of carbonyl (C=O) groups excluding carboxylic acids is 2.